The summed E-state index contributed by atoms with van der Waals surface area (Å²) >= 11 is 0. The minimum absolute atomic E-state index is 0.184. The monoisotopic (exact) mass is 694 g/mol. The zero-order chi connectivity index (χ0) is 36.2. The van der Waals surface area contributed by atoms with Gasteiger partial charge in [0.25, 0.3) is 0 Å². The maximum Gasteiger partial charge on any atom is 0.133 e. The first kappa shape index (κ1) is 31.9. The van der Waals surface area contributed by atoms with E-state index in [9.17, 15) is 0 Å². The number of fused-ring (bicyclic) bond motifs is 5. The Kier molecular flexibility index (Phi) is 7.48. The summed E-state index contributed by atoms with van der Waals surface area (Å²) in [5.41, 5.74) is 13.7. The average Bonchev–Trinajstić information content (AvgIpc) is 3.56. The van der Waals surface area contributed by atoms with Crippen molar-refractivity contribution in [3.8, 4) is 39.4 Å². The van der Waals surface area contributed by atoms with Crippen molar-refractivity contribution in [2.75, 3.05) is 4.90 Å². The molecule has 3 heteroatoms. The summed E-state index contributed by atoms with van der Waals surface area (Å²) in [7, 11) is 0. The molecule has 2 heterocycles. The average molecular weight is 695 g/mol. The molecule has 9 aromatic rings. The number of ether oxygens (including phenoxy) is 1. The molecule has 0 saturated carbocycles. The molecule has 1 aromatic heterocycles. The number of aromatic nitrogens is 1. The van der Waals surface area contributed by atoms with Crippen LogP contribution in [0.15, 0.2) is 194 Å². The quantitative estimate of drug-likeness (QED) is 0.172. The fourth-order valence-electron chi connectivity index (χ4n) is 8.30. The van der Waals surface area contributed by atoms with Crippen LogP contribution in [0.1, 0.15) is 25.0 Å². The molecule has 0 radical (unpaired) electrons. The van der Waals surface area contributed by atoms with Gasteiger partial charge in [0.05, 0.1) is 11.0 Å². The third kappa shape index (κ3) is 5.28. The molecule has 0 unspecified atom stereocenters. The second kappa shape index (κ2) is 12.7. The van der Waals surface area contributed by atoms with E-state index >= 15 is 0 Å². The van der Waals surface area contributed by atoms with Gasteiger partial charge in [0.1, 0.15) is 11.5 Å². The number of hydrogen-bond acceptors (Lipinski definition) is 2. The Bertz CT molecular complexity index is 2820. The zero-order valence-corrected chi connectivity index (χ0v) is 30.3. The van der Waals surface area contributed by atoms with Crippen molar-refractivity contribution in [3.63, 3.8) is 0 Å². The van der Waals surface area contributed by atoms with E-state index in [4.69, 9.17) is 4.74 Å². The van der Waals surface area contributed by atoms with Crippen molar-refractivity contribution >= 4 is 38.9 Å². The number of anilines is 3. The molecule has 0 spiro atoms. The van der Waals surface area contributed by atoms with Crippen LogP contribution in [0.5, 0.6) is 11.5 Å². The lowest BCUT2D eigenvalue weighted by molar-refractivity contribution is 0.418. The molecular formula is C51H38N2O. The van der Waals surface area contributed by atoms with Gasteiger partial charge in [0, 0.05) is 56.1 Å². The second-order valence-electron chi connectivity index (χ2n) is 14.6. The predicted octanol–water partition coefficient (Wildman–Crippen LogP) is 14.0. The van der Waals surface area contributed by atoms with Gasteiger partial charge >= 0.3 is 0 Å². The summed E-state index contributed by atoms with van der Waals surface area (Å²) < 4.78 is 8.97. The van der Waals surface area contributed by atoms with Gasteiger partial charge in [-0.3, -0.25) is 0 Å². The standard InChI is InChI=1S/C51H38N2O/c1-51(2)45-21-10-12-23-49(45)54-50-34-42(29-30-46(50)51)52(41-19-13-16-37(32-41)35-14-5-3-6-15-35)40-27-24-36(25-28-40)38-26-31-48-44(33-38)43-20-9-11-22-47(43)53(48)39-17-7-4-8-18-39/h3-34H,1-2H3. The van der Waals surface area contributed by atoms with E-state index in [-0.39, 0.29) is 5.41 Å². The first-order valence-corrected chi connectivity index (χ1v) is 18.6. The van der Waals surface area contributed by atoms with Crippen LogP contribution in [0.25, 0.3) is 49.7 Å². The van der Waals surface area contributed by atoms with E-state index in [0.717, 1.165) is 34.2 Å². The minimum atomic E-state index is -0.184. The number of nitrogens with zero attached hydrogens (tertiary/aromatic N) is 2. The molecule has 0 bridgehead atoms. The van der Waals surface area contributed by atoms with E-state index in [1.807, 2.05) is 6.07 Å². The smallest absolute Gasteiger partial charge is 0.133 e. The molecule has 0 saturated heterocycles. The first-order valence-electron chi connectivity index (χ1n) is 18.6. The van der Waals surface area contributed by atoms with Crippen LogP contribution in [-0.2, 0) is 5.41 Å². The highest BCUT2D eigenvalue weighted by Crippen LogP contribution is 2.50. The lowest BCUT2D eigenvalue weighted by Crippen LogP contribution is -2.24. The Morgan fingerprint density at radius 1 is 0.407 bits per heavy atom. The number of rotatable bonds is 6. The normalized spacial score (nSPS) is 12.9. The molecule has 0 fully saturated rings. The Hall–Kier alpha value is -6.84. The van der Waals surface area contributed by atoms with Gasteiger partial charge in [-0.1, -0.05) is 135 Å². The van der Waals surface area contributed by atoms with Crippen molar-refractivity contribution in [2.24, 2.45) is 0 Å². The molecule has 0 atom stereocenters. The highest BCUT2D eigenvalue weighted by atomic mass is 16.5. The number of hydrogen-bond donors (Lipinski definition) is 0. The van der Waals surface area contributed by atoms with Gasteiger partial charge in [-0.15, -0.1) is 0 Å². The molecule has 0 N–H and O–H groups in total. The second-order valence-corrected chi connectivity index (χ2v) is 14.6. The van der Waals surface area contributed by atoms with Crippen LogP contribution < -0.4 is 9.64 Å². The molecule has 10 rings (SSSR count). The topological polar surface area (TPSA) is 17.4 Å². The molecule has 0 amide bonds. The lowest BCUT2D eigenvalue weighted by Gasteiger charge is -2.35. The molecule has 1 aliphatic heterocycles. The van der Waals surface area contributed by atoms with Gasteiger partial charge in [-0.25, -0.2) is 0 Å². The first-order chi connectivity index (χ1) is 26.5. The van der Waals surface area contributed by atoms with E-state index in [2.05, 4.69) is 211 Å². The largest absolute Gasteiger partial charge is 0.457 e. The fourth-order valence-corrected chi connectivity index (χ4v) is 8.30. The Balaban J connectivity index is 1.08. The third-order valence-electron chi connectivity index (χ3n) is 11.0. The summed E-state index contributed by atoms with van der Waals surface area (Å²) in [5, 5.41) is 2.49. The maximum atomic E-state index is 6.61. The fraction of sp³-hybridized carbons (Fsp3) is 0.0588. The van der Waals surface area contributed by atoms with Gasteiger partial charge in [-0.05, 0) is 89.0 Å². The summed E-state index contributed by atoms with van der Waals surface area (Å²) in [6, 6.07) is 69.6. The lowest BCUT2D eigenvalue weighted by atomic mass is 9.76. The van der Waals surface area contributed by atoms with E-state index in [1.165, 1.54) is 55.2 Å². The SMILES string of the molecule is CC1(C)c2ccccc2Oc2cc(N(c3ccc(-c4ccc5c(c4)c4ccccc4n5-c4ccccc4)cc3)c3cccc(-c4ccccc4)c3)ccc21. The van der Waals surface area contributed by atoms with E-state index in [1.54, 1.807) is 0 Å². The van der Waals surface area contributed by atoms with Crippen LogP contribution in [0, 0.1) is 0 Å². The van der Waals surface area contributed by atoms with Gasteiger partial charge in [0.15, 0.2) is 0 Å². The third-order valence-corrected chi connectivity index (χ3v) is 11.0. The van der Waals surface area contributed by atoms with E-state index in [0.29, 0.717) is 0 Å². The number of para-hydroxylation sites is 3. The Labute approximate surface area is 316 Å². The van der Waals surface area contributed by atoms with Crippen LogP contribution in [0.4, 0.5) is 17.1 Å². The van der Waals surface area contributed by atoms with Crippen molar-refractivity contribution in [1.29, 1.82) is 0 Å². The highest BCUT2D eigenvalue weighted by molar-refractivity contribution is 6.10. The summed E-state index contributed by atoms with van der Waals surface area (Å²) in [5.74, 6) is 1.80. The van der Waals surface area contributed by atoms with Crippen molar-refractivity contribution in [1.82, 2.24) is 4.57 Å². The highest BCUT2D eigenvalue weighted by Gasteiger charge is 2.34. The van der Waals surface area contributed by atoms with Gasteiger partial charge in [0.2, 0.25) is 0 Å². The molecule has 258 valence electrons. The molecule has 8 aromatic carbocycles. The minimum Gasteiger partial charge on any atom is -0.457 e. The van der Waals surface area contributed by atoms with Gasteiger partial charge in [-0.2, -0.15) is 0 Å². The molecule has 3 nitrogen and oxygen atoms in total. The summed E-state index contributed by atoms with van der Waals surface area (Å²) in [4.78, 5) is 2.34. The number of benzene rings is 8. The molecule has 0 aliphatic carbocycles. The summed E-state index contributed by atoms with van der Waals surface area (Å²) in [6.07, 6.45) is 0. The maximum absolute atomic E-state index is 6.61. The zero-order valence-electron chi connectivity index (χ0n) is 30.3. The molecule has 54 heavy (non-hydrogen) atoms. The van der Waals surface area contributed by atoms with Crippen molar-refractivity contribution in [2.45, 2.75) is 19.3 Å². The summed E-state index contributed by atoms with van der Waals surface area (Å²) in [6.45, 7) is 4.56. The predicted molar refractivity (Wildman–Crippen MR) is 225 cm³/mol. The Morgan fingerprint density at radius 3 is 1.83 bits per heavy atom. The van der Waals surface area contributed by atoms with Crippen LogP contribution in [0.2, 0.25) is 0 Å². The van der Waals surface area contributed by atoms with Crippen LogP contribution in [0.3, 0.4) is 0 Å². The Morgan fingerprint density at radius 2 is 1.00 bits per heavy atom. The van der Waals surface area contributed by atoms with Gasteiger partial charge < -0.3 is 14.2 Å². The van der Waals surface area contributed by atoms with Crippen LogP contribution >= 0.6 is 0 Å². The van der Waals surface area contributed by atoms with Crippen LogP contribution in [-0.4, -0.2) is 4.57 Å². The van der Waals surface area contributed by atoms with Crippen molar-refractivity contribution in [3.05, 3.63) is 205 Å². The van der Waals surface area contributed by atoms with Crippen molar-refractivity contribution < 1.29 is 4.74 Å². The molecule has 1 aliphatic rings. The van der Waals surface area contributed by atoms with E-state index < -0.39 is 0 Å². The molecular weight excluding hydrogens is 657 g/mol.